The largest absolute Gasteiger partial charge is 0.441 e. The van der Waals surface area contributed by atoms with Gasteiger partial charge in [-0.15, -0.1) is 0 Å². The summed E-state index contributed by atoms with van der Waals surface area (Å²) < 4.78 is 35.4. The summed E-state index contributed by atoms with van der Waals surface area (Å²) in [6.45, 7) is 1.02. The van der Waals surface area contributed by atoms with Gasteiger partial charge in [0.2, 0.25) is 0 Å². The maximum Gasteiger partial charge on any atom is 0.441 e. The number of halogens is 3. The first-order chi connectivity index (χ1) is 6.90. The van der Waals surface area contributed by atoms with Crippen molar-refractivity contribution in [3.8, 4) is 0 Å². The molecule has 8 heteroatoms. The van der Waals surface area contributed by atoms with Crippen molar-refractivity contribution in [3.05, 3.63) is 0 Å². The average molecular weight is 243 g/mol. The van der Waals surface area contributed by atoms with E-state index >= 15 is 0 Å². The zero-order valence-corrected chi connectivity index (χ0v) is 8.77. The van der Waals surface area contributed by atoms with E-state index in [0.29, 0.717) is 19.5 Å². The third-order valence-electron chi connectivity index (χ3n) is 1.97. The Morgan fingerprint density at radius 2 is 2.07 bits per heavy atom. The molecule has 2 N–H and O–H groups in total. The number of carbonyl (C=O) groups is 1. The lowest BCUT2D eigenvalue weighted by molar-refractivity contribution is -0.0328. The minimum atomic E-state index is -4.23. The molecule has 0 spiro atoms. The van der Waals surface area contributed by atoms with Crippen LogP contribution in [-0.4, -0.2) is 46.8 Å². The molecule has 1 aliphatic heterocycles. The second kappa shape index (κ2) is 4.93. The van der Waals surface area contributed by atoms with Crippen LogP contribution in [0.3, 0.4) is 0 Å². The van der Waals surface area contributed by atoms with Crippen LogP contribution in [0.15, 0.2) is 0 Å². The Balaban J connectivity index is 2.29. The van der Waals surface area contributed by atoms with Gasteiger partial charge >= 0.3 is 11.5 Å². The van der Waals surface area contributed by atoms with Gasteiger partial charge in [0, 0.05) is 25.4 Å². The Hall–Kier alpha value is -0.630. The Labute approximate surface area is 89.5 Å². The highest BCUT2D eigenvalue weighted by atomic mass is 32.2. The predicted molar refractivity (Wildman–Crippen MR) is 51.0 cm³/mol. The van der Waals surface area contributed by atoms with E-state index in [4.69, 9.17) is 5.84 Å². The number of carbonyl (C=O) groups excluding carboxylic acids is 1. The van der Waals surface area contributed by atoms with E-state index in [2.05, 4.69) is 0 Å². The van der Waals surface area contributed by atoms with Crippen LogP contribution >= 0.6 is 11.8 Å². The van der Waals surface area contributed by atoms with E-state index in [1.54, 1.807) is 0 Å². The van der Waals surface area contributed by atoms with Crippen molar-refractivity contribution in [2.75, 3.05) is 25.4 Å². The van der Waals surface area contributed by atoms with E-state index in [1.165, 1.54) is 4.90 Å². The predicted octanol–water partition coefficient (Wildman–Crippen LogP) is 1.24. The van der Waals surface area contributed by atoms with E-state index < -0.39 is 11.5 Å². The monoisotopic (exact) mass is 243 g/mol. The molecular formula is C7H12F3N3OS. The molecule has 88 valence electrons. The third-order valence-corrected chi connectivity index (χ3v) is 2.68. The van der Waals surface area contributed by atoms with Gasteiger partial charge < -0.3 is 4.90 Å². The zero-order valence-electron chi connectivity index (χ0n) is 7.96. The van der Waals surface area contributed by atoms with Crippen LogP contribution in [0, 0.1) is 0 Å². The summed E-state index contributed by atoms with van der Waals surface area (Å²) in [6.07, 6.45) is 0.693. The molecule has 1 aliphatic rings. The number of thioether (sulfide) groups is 1. The summed E-state index contributed by atoms with van der Waals surface area (Å²) in [6, 6.07) is -0.399. The minimum absolute atomic E-state index is 0.0801. The van der Waals surface area contributed by atoms with Gasteiger partial charge in [0.1, 0.15) is 0 Å². The number of urea groups is 1. The molecule has 0 aromatic rings. The first-order valence-electron chi connectivity index (χ1n) is 4.42. The van der Waals surface area contributed by atoms with Crippen LogP contribution in [0.2, 0.25) is 0 Å². The van der Waals surface area contributed by atoms with E-state index in [0.717, 1.165) is 5.01 Å². The number of nitrogens with zero attached hydrogens (tertiary/aromatic N) is 2. The maximum atomic E-state index is 11.8. The standard InChI is InChI=1S/C7H12F3N3OS/c8-7(9,10)15-5-4-12-2-1-3-13(11)6(12)14/h1-5,11H2. The van der Waals surface area contributed by atoms with Gasteiger partial charge in [0.05, 0.1) is 0 Å². The Morgan fingerprint density at radius 3 is 2.67 bits per heavy atom. The normalized spacial score (nSPS) is 18.5. The SMILES string of the molecule is NN1CCCN(CCSC(F)(F)F)C1=O. The van der Waals surface area contributed by atoms with Crippen molar-refractivity contribution in [2.24, 2.45) is 5.84 Å². The lowest BCUT2D eigenvalue weighted by Crippen LogP contribution is -2.53. The number of amides is 2. The molecule has 15 heavy (non-hydrogen) atoms. The number of nitrogens with two attached hydrogens (primary N) is 1. The van der Waals surface area contributed by atoms with Gasteiger partial charge in [-0.05, 0) is 18.2 Å². The van der Waals surface area contributed by atoms with E-state index in [1.807, 2.05) is 0 Å². The highest BCUT2D eigenvalue weighted by molar-refractivity contribution is 8.00. The molecule has 2 amide bonds. The fourth-order valence-electron chi connectivity index (χ4n) is 1.28. The van der Waals surface area contributed by atoms with E-state index in [-0.39, 0.29) is 24.1 Å². The molecule has 1 rings (SSSR count). The smallest absolute Gasteiger partial charge is 0.323 e. The number of alkyl halides is 3. The lowest BCUT2D eigenvalue weighted by Gasteiger charge is -2.32. The molecule has 4 nitrogen and oxygen atoms in total. The van der Waals surface area contributed by atoms with Gasteiger partial charge in [-0.1, -0.05) is 0 Å². The molecule has 0 aromatic heterocycles. The summed E-state index contributed by atoms with van der Waals surface area (Å²) >= 11 is -0.123. The van der Waals surface area contributed by atoms with Gasteiger partial charge in [-0.25, -0.2) is 10.6 Å². The number of hydrazine groups is 1. The van der Waals surface area contributed by atoms with E-state index in [9.17, 15) is 18.0 Å². The quantitative estimate of drug-likeness (QED) is 0.599. The molecule has 1 fully saturated rings. The van der Waals surface area contributed by atoms with Crippen molar-refractivity contribution >= 4 is 17.8 Å². The summed E-state index contributed by atoms with van der Waals surface area (Å²) in [5.74, 6) is 5.19. The molecule has 0 aromatic carbocycles. The second-order valence-electron chi connectivity index (χ2n) is 3.11. The molecule has 0 bridgehead atoms. The van der Waals surface area contributed by atoms with Crippen molar-refractivity contribution in [1.29, 1.82) is 0 Å². The van der Waals surface area contributed by atoms with Crippen molar-refractivity contribution in [2.45, 2.75) is 11.9 Å². The lowest BCUT2D eigenvalue weighted by atomic mass is 10.3. The van der Waals surface area contributed by atoms with Crippen LogP contribution in [0.1, 0.15) is 6.42 Å². The van der Waals surface area contributed by atoms with Crippen LogP contribution in [0.5, 0.6) is 0 Å². The second-order valence-corrected chi connectivity index (χ2v) is 4.27. The van der Waals surface area contributed by atoms with Gasteiger partial charge in [-0.2, -0.15) is 13.2 Å². The van der Waals surface area contributed by atoms with Gasteiger partial charge in [0.15, 0.2) is 0 Å². The highest BCUT2D eigenvalue weighted by Gasteiger charge is 2.29. The van der Waals surface area contributed by atoms with Crippen LogP contribution in [0.4, 0.5) is 18.0 Å². The average Bonchev–Trinajstić information content (AvgIpc) is 2.10. The maximum absolute atomic E-state index is 11.8. The molecule has 0 atom stereocenters. The molecule has 0 radical (unpaired) electrons. The summed E-state index contributed by atoms with van der Waals surface area (Å²) in [7, 11) is 0. The van der Waals surface area contributed by atoms with Crippen LogP contribution < -0.4 is 5.84 Å². The number of hydrogen-bond acceptors (Lipinski definition) is 3. The Kier molecular flexibility index (Phi) is 4.09. The molecule has 1 saturated heterocycles. The first kappa shape index (κ1) is 12.4. The number of rotatable bonds is 3. The number of hydrogen-bond donors (Lipinski definition) is 1. The Morgan fingerprint density at radius 1 is 1.40 bits per heavy atom. The summed E-state index contributed by atoms with van der Waals surface area (Å²) in [5.41, 5.74) is -4.23. The van der Waals surface area contributed by atoms with Crippen molar-refractivity contribution < 1.29 is 18.0 Å². The van der Waals surface area contributed by atoms with Crippen LogP contribution in [0.25, 0.3) is 0 Å². The molecule has 0 saturated carbocycles. The molecular weight excluding hydrogens is 231 g/mol. The highest BCUT2D eigenvalue weighted by Crippen LogP contribution is 2.29. The Bertz CT molecular complexity index is 236. The molecule has 0 unspecified atom stereocenters. The van der Waals surface area contributed by atoms with Gasteiger partial charge in [-0.3, -0.25) is 5.01 Å². The summed E-state index contributed by atoms with van der Waals surface area (Å²) in [5, 5.41) is 1.03. The molecule has 1 heterocycles. The topological polar surface area (TPSA) is 49.6 Å². The summed E-state index contributed by atoms with van der Waals surface area (Å²) in [4.78, 5) is 12.7. The fourth-order valence-corrected chi connectivity index (χ4v) is 1.83. The van der Waals surface area contributed by atoms with Crippen molar-refractivity contribution in [1.82, 2.24) is 9.91 Å². The molecule has 0 aliphatic carbocycles. The van der Waals surface area contributed by atoms with Crippen LogP contribution in [-0.2, 0) is 0 Å². The van der Waals surface area contributed by atoms with Crippen molar-refractivity contribution in [3.63, 3.8) is 0 Å². The van der Waals surface area contributed by atoms with Gasteiger partial charge in [0.25, 0.3) is 0 Å². The fraction of sp³-hybridized carbons (Fsp3) is 0.857. The minimum Gasteiger partial charge on any atom is -0.323 e. The third kappa shape index (κ3) is 4.17. The first-order valence-corrected chi connectivity index (χ1v) is 5.40. The zero-order chi connectivity index (χ0) is 11.5.